The summed E-state index contributed by atoms with van der Waals surface area (Å²) in [7, 11) is 0. The molecule has 0 fully saturated rings. The van der Waals surface area contributed by atoms with Crippen molar-refractivity contribution in [3.8, 4) is 5.75 Å². The molecular formula is C17H21FN2O. The van der Waals surface area contributed by atoms with E-state index in [4.69, 9.17) is 4.74 Å². The molecule has 2 rings (SSSR count). The zero-order valence-corrected chi connectivity index (χ0v) is 12.5. The molecule has 1 N–H and O–H groups in total. The van der Waals surface area contributed by atoms with Gasteiger partial charge in [-0.1, -0.05) is 13.0 Å². The van der Waals surface area contributed by atoms with Gasteiger partial charge in [-0.05, 0) is 43.7 Å². The van der Waals surface area contributed by atoms with Crippen LogP contribution in [-0.4, -0.2) is 11.5 Å². The van der Waals surface area contributed by atoms with E-state index in [2.05, 4.69) is 24.1 Å². The van der Waals surface area contributed by atoms with Crippen molar-refractivity contribution in [2.24, 2.45) is 0 Å². The SMILES string of the molecule is CCCNC(C)c1ccc(F)cc1OCc1ccncc1. The smallest absolute Gasteiger partial charge is 0.127 e. The molecule has 0 bridgehead atoms. The van der Waals surface area contributed by atoms with Gasteiger partial charge < -0.3 is 10.1 Å². The maximum Gasteiger partial charge on any atom is 0.127 e. The van der Waals surface area contributed by atoms with Crippen LogP contribution in [0.1, 0.15) is 37.4 Å². The second kappa shape index (κ2) is 7.74. The molecular weight excluding hydrogens is 267 g/mol. The molecule has 1 unspecified atom stereocenters. The number of aromatic nitrogens is 1. The molecule has 112 valence electrons. The van der Waals surface area contributed by atoms with Gasteiger partial charge in [0.1, 0.15) is 18.2 Å². The standard InChI is InChI=1S/C17H21FN2O/c1-3-8-20-13(2)16-5-4-15(18)11-17(16)21-12-14-6-9-19-10-7-14/h4-7,9-11,13,20H,3,8,12H2,1-2H3. The van der Waals surface area contributed by atoms with E-state index >= 15 is 0 Å². The number of benzene rings is 1. The molecule has 0 saturated carbocycles. The molecule has 0 spiro atoms. The summed E-state index contributed by atoms with van der Waals surface area (Å²) in [5.41, 5.74) is 1.98. The molecule has 1 atom stereocenters. The van der Waals surface area contributed by atoms with Crippen LogP contribution in [0.25, 0.3) is 0 Å². The minimum absolute atomic E-state index is 0.123. The molecule has 21 heavy (non-hydrogen) atoms. The highest BCUT2D eigenvalue weighted by Crippen LogP contribution is 2.27. The molecule has 0 radical (unpaired) electrons. The number of ether oxygens (including phenoxy) is 1. The molecule has 3 nitrogen and oxygen atoms in total. The Morgan fingerprint density at radius 2 is 2.00 bits per heavy atom. The maximum atomic E-state index is 13.5. The van der Waals surface area contributed by atoms with Gasteiger partial charge >= 0.3 is 0 Å². The van der Waals surface area contributed by atoms with E-state index in [-0.39, 0.29) is 11.9 Å². The third-order valence-electron chi connectivity index (χ3n) is 3.29. The van der Waals surface area contributed by atoms with Crippen LogP contribution in [0.15, 0.2) is 42.7 Å². The Hall–Kier alpha value is -1.94. The predicted molar refractivity (Wildman–Crippen MR) is 81.7 cm³/mol. The number of nitrogens with one attached hydrogen (secondary N) is 1. The minimum Gasteiger partial charge on any atom is -0.488 e. The van der Waals surface area contributed by atoms with Gasteiger partial charge in [0.2, 0.25) is 0 Å². The number of nitrogens with zero attached hydrogens (tertiary/aromatic N) is 1. The fourth-order valence-corrected chi connectivity index (χ4v) is 2.10. The Bertz CT molecular complexity index is 560. The molecule has 2 aromatic rings. The van der Waals surface area contributed by atoms with Crippen molar-refractivity contribution in [1.29, 1.82) is 0 Å². The maximum absolute atomic E-state index is 13.5. The van der Waals surface area contributed by atoms with Crippen LogP contribution in [0.2, 0.25) is 0 Å². The van der Waals surface area contributed by atoms with E-state index < -0.39 is 0 Å². The molecule has 0 amide bonds. The van der Waals surface area contributed by atoms with Crippen molar-refractivity contribution in [2.45, 2.75) is 32.9 Å². The molecule has 0 aliphatic carbocycles. The Kier molecular flexibility index (Phi) is 5.69. The summed E-state index contributed by atoms with van der Waals surface area (Å²) in [5.74, 6) is 0.300. The zero-order chi connectivity index (χ0) is 15.1. The lowest BCUT2D eigenvalue weighted by Gasteiger charge is -2.18. The van der Waals surface area contributed by atoms with Crippen LogP contribution in [0.4, 0.5) is 4.39 Å². The van der Waals surface area contributed by atoms with Gasteiger partial charge in [-0.15, -0.1) is 0 Å². The highest BCUT2D eigenvalue weighted by atomic mass is 19.1. The molecule has 0 aliphatic rings. The van der Waals surface area contributed by atoms with Crippen LogP contribution in [0.3, 0.4) is 0 Å². The summed E-state index contributed by atoms with van der Waals surface area (Å²) < 4.78 is 19.3. The summed E-state index contributed by atoms with van der Waals surface area (Å²) in [6.45, 7) is 5.50. The van der Waals surface area contributed by atoms with E-state index in [1.54, 1.807) is 18.5 Å². The number of hydrogen-bond donors (Lipinski definition) is 1. The second-order valence-electron chi connectivity index (χ2n) is 5.00. The zero-order valence-electron chi connectivity index (χ0n) is 12.5. The summed E-state index contributed by atoms with van der Waals surface area (Å²) in [6, 6.07) is 8.59. The van der Waals surface area contributed by atoms with Crippen LogP contribution in [0, 0.1) is 5.82 Å². The average Bonchev–Trinajstić information content (AvgIpc) is 2.51. The van der Waals surface area contributed by atoms with E-state index in [0.29, 0.717) is 12.4 Å². The minimum atomic E-state index is -0.286. The number of rotatable bonds is 7. The molecule has 4 heteroatoms. The van der Waals surface area contributed by atoms with Gasteiger partial charge in [-0.25, -0.2) is 4.39 Å². The van der Waals surface area contributed by atoms with Crippen molar-refractivity contribution in [3.63, 3.8) is 0 Å². The normalized spacial score (nSPS) is 12.1. The summed E-state index contributed by atoms with van der Waals surface area (Å²) in [5, 5.41) is 3.39. The van der Waals surface area contributed by atoms with Crippen LogP contribution >= 0.6 is 0 Å². The van der Waals surface area contributed by atoms with Crippen LogP contribution in [-0.2, 0) is 6.61 Å². The lowest BCUT2D eigenvalue weighted by molar-refractivity contribution is 0.298. The van der Waals surface area contributed by atoms with E-state index in [1.807, 2.05) is 12.1 Å². The Balaban J connectivity index is 2.11. The Morgan fingerprint density at radius 1 is 1.24 bits per heavy atom. The molecule has 0 aliphatic heterocycles. The first-order chi connectivity index (χ1) is 10.2. The fourth-order valence-electron chi connectivity index (χ4n) is 2.10. The van der Waals surface area contributed by atoms with Crippen molar-refractivity contribution >= 4 is 0 Å². The summed E-state index contributed by atoms with van der Waals surface area (Å²) >= 11 is 0. The largest absolute Gasteiger partial charge is 0.488 e. The Morgan fingerprint density at radius 3 is 2.71 bits per heavy atom. The highest BCUT2D eigenvalue weighted by Gasteiger charge is 2.12. The highest BCUT2D eigenvalue weighted by molar-refractivity contribution is 5.36. The fraction of sp³-hybridized carbons (Fsp3) is 0.353. The van der Waals surface area contributed by atoms with E-state index in [0.717, 1.165) is 24.1 Å². The first-order valence-corrected chi connectivity index (χ1v) is 7.25. The molecule has 1 aromatic carbocycles. The predicted octanol–water partition coefficient (Wildman–Crippen LogP) is 3.86. The van der Waals surface area contributed by atoms with Gasteiger partial charge in [0.25, 0.3) is 0 Å². The molecule has 0 saturated heterocycles. The quantitative estimate of drug-likeness (QED) is 0.840. The van der Waals surface area contributed by atoms with E-state index in [1.165, 1.54) is 12.1 Å². The topological polar surface area (TPSA) is 34.1 Å². The van der Waals surface area contributed by atoms with Crippen LogP contribution < -0.4 is 10.1 Å². The van der Waals surface area contributed by atoms with E-state index in [9.17, 15) is 4.39 Å². The van der Waals surface area contributed by atoms with Crippen molar-refractivity contribution in [2.75, 3.05) is 6.54 Å². The number of halogens is 1. The molecule has 1 aromatic heterocycles. The third kappa shape index (κ3) is 4.53. The van der Waals surface area contributed by atoms with Crippen molar-refractivity contribution in [3.05, 3.63) is 59.7 Å². The van der Waals surface area contributed by atoms with Gasteiger partial charge in [0.15, 0.2) is 0 Å². The van der Waals surface area contributed by atoms with Crippen molar-refractivity contribution < 1.29 is 9.13 Å². The van der Waals surface area contributed by atoms with Gasteiger partial charge in [0.05, 0.1) is 0 Å². The summed E-state index contributed by atoms with van der Waals surface area (Å²) in [4.78, 5) is 3.97. The third-order valence-corrected chi connectivity index (χ3v) is 3.29. The van der Waals surface area contributed by atoms with Gasteiger partial charge in [0, 0.05) is 30.1 Å². The van der Waals surface area contributed by atoms with Crippen molar-refractivity contribution in [1.82, 2.24) is 10.3 Å². The number of pyridine rings is 1. The second-order valence-corrected chi connectivity index (χ2v) is 5.00. The lowest BCUT2D eigenvalue weighted by atomic mass is 10.1. The monoisotopic (exact) mass is 288 g/mol. The first kappa shape index (κ1) is 15.4. The Labute approximate surface area is 125 Å². The lowest BCUT2D eigenvalue weighted by Crippen LogP contribution is -2.20. The first-order valence-electron chi connectivity index (χ1n) is 7.25. The number of hydrogen-bond acceptors (Lipinski definition) is 3. The molecule has 1 heterocycles. The average molecular weight is 288 g/mol. The van der Waals surface area contributed by atoms with Gasteiger partial charge in [-0.3, -0.25) is 4.98 Å². The van der Waals surface area contributed by atoms with Crippen LogP contribution in [0.5, 0.6) is 5.75 Å². The van der Waals surface area contributed by atoms with Gasteiger partial charge in [-0.2, -0.15) is 0 Å². The summed E-state index contributed by atoms with van der Waals surface area (Å²) in [6.07, 6.45) is 4.49.